The van der Waals surface area contributed by atoms with Gasteiger partial charge in [-0.2, -0.15) is 0 Å². The maximum absolute atomic E-state index is 11.7. The van der Waals surface area contributed by atoms with Crippen LogP contribution >= 0.6 is 11.3 Å². The fourth-order valence-corrected chi connectivity index (χ4v) is 2.98. The summed E-state index contributed by atoms with van der Waals surface area (Å²) >= 11 is 1.59. The highest BCUT2D eigenvalue weighted by molar-refractivity contribution is 7.11. The summed E-state index contributed by atoms with van der Waals surface area (Å²) in [6.07, 6.45) is 2.24. The zero-order valence-corrected chi connectivity index (χ0v) is 13.3. The van der Waals surface area contributed by atoms with Crippen molar-refractivity contribution >= 4 is 17.4 Å². The molecule has 0 atom stereocenters. The van der Waals surface area contributed by atoms with Gasteiger partial charge < -0.3 is 10.1 Å². The van der Waals surface area contributed by atoms with Crippen LogP contribution in [-0.2, 0) is 13.0 Å². The number of rotatable bonds is 5. The van der Waals surface area contributed by atoms with Crippen molar-refractivity contribution in [1.82, 2.24) is 10.3 Å². The van der Waals surface area contributed by atoms with Crippen molar-refractivity contribution in [3.05, 3.63) is 82.3 Å². The Hall–Kier alpha value is -2.66. The third kappa shape index (κ3) is 4.66. The number of ether oxygens (including phenoxy) is 1. The van der Waals surface area contributed by atoms with E-state index in [2.05, 4.69) is 22.4 Å². The van der Waals surface area contributed by atoms with Gasteiger partial charge >= 0.3 is 6.09 Å². The van der Waals surface area contributed by atoms with Crippen LogP contribution in [-0.4, -0.2) is 11.1 Å². The molecule has 0 saturated carbocycles. The number of para-hydroxylation sites is 1. The lowest BCUT2D eigenvalue weighted by atomic mass is 10.1. The average Bonchev–Trinajstić information content (AvgIpc) is 3.02. The highest BCUT2D eigenvalue weighted by Gasteiger charge is 2.07. The molecule has 0 aliphatic rings. The average molecular weight is 324 g/mol. The summed E-state index contributed by atoms with van der Waals surface area (Å²) < 4.78 is 5.17. The molecular formula is C18H16N2O2S. The van der Waals surface area contributed by atoms with E-state index in [1.807, 2.05) is 42.6 Å². The number of nitrogens with zero attached hydrogens (tertiary/aromatic N) is 1. The molecule has 5 heteroatoms. The number of amides is 1. The molecule has 0 spiro atoms. The van der Waals surface area contributed by atoms with Gasteiger partial charge in [0.05, 0.1) is 6.54 Å². The van der Waals surface area contributed by atoms with E-state index in [-0.39, 0.29) is 0 Å². The lowest BCUT2D eigenvalue weighted by molar-refractivity contribution is 0.200. The zero-order chi connectivity index (χ0) is 15.9. The molecule has 1 heterocycles. The molecule has 3 aromatic rings. The minimum atomic E-state index is -0.476. The first-order valence-electron chi connectivity index (χ1n) is 7.28. The summed E-state index contributed by atoms with van der Waals surface area (Å²) in [4.78, 5) is 17.2. The predicted octanol–water partition coefficient (Wildman–Crippen LogP) is 4.02. The van der Waals surface area contributed by atoms with Crippen LogP contribution in [0.4, 0.5) is 4.79 Å². The van der Waals surface area contributed by atoms with Crippen molar-refractivity contribution in [3.63, 3.8) is 0 Å². The van der Waals surface area contributed by atoms with Gasteiger partial charge in [0.1, 0.15) is 10.8 Å². The third-order valence-corrected chi connectivity index (χ3v) is 4.16. The van der Waals surface area contributed by atoms with Crippen LogP contribution < -0.4 is 10.1 Å². The number of carbonyl (C=O) groups is 1. The quantitative estimate of drug-likeness (QED) is 0.771. The van der Waals surface area contributed by atoms with Gasteiger partial charge in [-0.15, -0.1) is 11.3 Å². The number of hydrogen-bond donors (Lipinski definition) is 1. The van der Waals surface area contributed by atoms with Crippen LogP contribution in [0, 0.1) is 0 Å². The predicted molar refractivity (Wildman–Crippen MR) is 90.7 cm³/mol. The summed E-state index contributed by atoms with van der Waals surface area (Å²) in [5.41, 5.74) is 1.25. The number of nitrogens with one attached hydrogen (secondary N) is 1. The Labute approximate surface area is 138 Å². The molecule has 0 radical (unpaired) electrons. The molecular weight excluding hydrogens is 308 g/mol. The van der Waals surface area contributed by atoms with Crippen LogP contribution in [0.25, 0.3) is 0 Å². The first-order valence-corrected chi connectivity index (χ1v) is 8.09. The van der Waals surface area contributed by atoms with E-state index >= 15 is 0 Å². The zero-order valence-electron chi connectivity index (χ0n) is 12.4. The van der Waals surface area contributed by atoms with Crippen LogP contribution in [0.1, 0.15) is 15.4 Å². The summed E-state index contributed by atoms with van der Waals surface area (Å²) in [5, 5.41) is 3.57. The standard InChI is InChI=1S/C18H16N2O2S/c21-18(22-15-9-5-2-6-10-15)20-13-17-19-12-16(23-17)11-14-7-3-1-4-8-14/h1-10,12H,11,13H2,(H,20,21). The second kappa shape index (κ2) is 7.56. The minimum absolute atomic E-state index is 0.366. The Bertz CT molecular complexity index is 757. The second-order valence-corrected chi connectivity index (χ2v) is 6.14. The van der Waals surface area contributed by atoms with Gasteiger partial charge in [-0.3, -0.25) is 0 Å². The molecule has 0 unspecified atom stereocenters. The monoisotopic (exact) mass is 324 g/mol. The SMILES string of the molecule is O=C(NCc1ncc(Cc2ccccc2)s1)Oc1ccccc1. The maximum Gasteiger partial charge on any atom is 0.412 e. The van der Waals surface area contributed by atoms with Crippen molar-refractivity contribution in [1.29, 1.82) is 0 Å². The van der Waals surface area contributed by atoms with Gasteiger partial charge in [0.2, 0.25) is 0 Å². The maximum atomic E-state index is 11.7. The number of hydrogen-bond acceptors (Lipinski definition) is 4. The van der Waals surface area contributed by atoms with Crippen molar-refractivity contribution < 1.29 is 9.53 Å². The van der Waals surface area contributed by atoms with Crippen LogP contribution in [0.2, 0.25) is 0 Å². The molecule has 0 fully saturated rings. The molecule has 2 aromatic carbocycles. The Morgan fingerprint density at radius 2 is 1.74 bits per heavy atom. The first-order chi connectivity index (χ1) is 11.3. The summed E-state index contributed by atoms with van der Waals surface area (Å²) in [6.45, 7) is 0.366. The Morgan fingerprint density at radius 3 is 2.48 bits per heavy atom. The van der Waals surface area contributed by atoms with Gasteiger partial charge in [-0.25, -0.2) is 9.78 Å². The Morgan fingerprint density at radius 1 is 1.04 bits per heavy atom. The van der Waals surface area contributed by atoms with E-state index in [0.29, 0.717) is 12.3 Å². The molecule has 0 aliphatic heterocycles. The van der Waals surface area contributed by atoms with E-state index in [9.17, 15) is 4.79 Å². The smallest absolute Gasteiger partial charge is 0.410 e. The highest BCUT2D eigenvalue weighted by atomic mass is 32.1. The molecule has 0 bridgehead atoms. The van der Waals surface area contributed by atoms with Gasteiger partial charge in [-0.05, 0) is 17.7 Å². The van der Waals surface area contributed by atoms with E-state index < -0.39 is 6.09 Å². The Balaban J connectivity index is 1.50. The van der Waals surface area contributed by atoms with Crippen LogP contribution in [0.5, 0.6) is 5.75 Å². The van der Waals surface area contributed by atoms with Crippen molar-refractivity contribution in [2.45, 2.75) is 13.0 Å². The van der Waals surface area contributed by atoms with Crippen molar-refractivity contribution in [2.24, 2.45) is 0 Å². The van der Waals surface area contributed by atoms with Gasteiger partial charge in [0.25, 0.3) is 0 Å². The normalized spacial score (nSPS) is 10.3. The fraction of sp³-hybridized carbons (Fsp3) is 0.111. The summed E-state index contributed by atoms with van der Waals surface area (Å²) in [7, 11) is 0. The number of carbonyl (C=O) groups excluding carboxylic acids is 1. The number of thiazole rings is 1. The number of aromatic nitrogens is 1. The topological polar surface area (TPSA) is 51.2 Å². The largest absolute Gasteiger partial charge is 0.412 e. The molecule has 1 aromatic heterocycles. The van der Waals surface area contributed by atoms with Gasteiger partial charge in [0, 0.05) is 17.5 Å². The van der Waals surface area contributed by atoms with E-state index in [0.717, 1.165) is 11.4 Å². The van der Waals surface area contributed by atoms with Crippen molar-refractivity contribution in [2.75, 3.05) is 0 Å². The summed E-state index contributed by atoms with van der Waals surface area (Å²) in [5.74, 6) is 0.522. The van der Waals surface area contributed by atoms with E-state index in [4.69, 9.17) is 4.74 Å². The molecule has 1 amide bonds. The molecule has 0 aliphatic carbocycles. The second-order valence-electron chi connectivity index (χ2n) is 4.94. The van der Waals surface area contributed by atoms with Crippen LogP contribution in [0.3, 0.4) is 0 Å². The van der Waals surface area contributed by atoms with Gasteiger partial charge in [0.15, 0.2) is 0 Å². The van der Waals surface area contributed by atoms with Gasteiger partial charge in [-0.1, -0.05) is 48.5 Å². The lowest BCUT2D eigenvalue weighted by Crippen LogP contribution is -2.26. The molecule has 0 saturated heterocycles. The van der Waals surface area contributed by atoms with Crippen LogP contribution in [0.15, 0.2) is 66.9 Å². The minimum Gasteiger partial charge on any atom is -0.410 e. The number of benzene rings is 2. The molecule has 116 valence electrons. The Kier molecular flexibility index (Phi) is 5.01. The molecule has 1 N–H and O–H groups in total. The molecule has 3 rings (SSSR count). The van der Waals surface area contributed by atoms with E-state index in [1.165, 1.54) is 10.4 Å². The molecule has 4 nitrogen and oxygen atoms in total. The third-order valence-electron chi connectivity index (χ3n) is 3.16. The summed E-state index contributed by atoms with van der Waals surface area (Å²) in [6, 6.07) is 19.2. The van der Waals surface area contributed by atoms with Crippen molar-refractivity contribution in [3.8, 4) is 5.75 Å². The fourth-order valence-electron chi connectivity index (χ4n) is 2.09. The van der Waals surface area contributed by atoms with E-state index in [1.54, 1.807) is 23.5 Å². The first kappa shape index (κ1) is 15.2. The highest BCUT2D eigenvalue weighted by Crippen LogP contribution is 2.17. The molecule has 23 heavy (non-hydrogen) atoms. The lowest BCUT2D eigenvalue weighted by Gasteiger charge is -2.04.